The van der Waals surface area contributed by atoms with Crippen molar-refractivity contribution in [3.63, 3.8) is 0 Å². The quantitative estimate of drug-likeness (QED) is 0.0223. The summed E-state index contributed by atoms with van der Waals surface area (Å²) in [5, 5.41) is 0. The van der Waals surface area contributed by atoms with Gasteiger partial charge in [-0.3, -0.25) is 18.6 Å². The van der Waals surface area contributed by atoms with Crippen molar-refractivity contribution in [1.29, 1.82) is 0 Å². The molecule has 0 saturated heterocycles. The van der Waals surface area contributed by atoms with Crippen LogP contribution in [0.1, 0.15) is 168 Å². The summed E-state index contributed by atoms with van der Waals surface area (Å²) in [6.07, 6.45) is 33.6. The second-order valence-corrected chi connectivity index (χ2v) is 16.1. The average Bonchev–Trinajstić information content (AvgIpc) is 3.06. The molecule has 0 aromatic rings. The third-order valence-corrected chi connectivity index (χ3v) is 9.47. The molecule has 0 rings (SSSR count). The molecule has 0 amide bonds. The number of esters is 2. The Morgan fingerprint density at radius 2 is 1.08 bits per heavy atom. The zero-order valence-electron chi connectivity index (χ0n) is 32.9. The lowest BCUT2D eigenvalue weighted by Gasteiger charge is -2.24. The Labute approximate surface area is 307 Å². The SMILES string of the molecule is CCCCC/C=C/C/C=C/CCCCCCCC(=O)O[C@H](COC(=O)CCCCCCCCCCCCC)COP(=O)(O)OCC[N+](C)(C)C. The van der Waals surface area contributed by atoms with Gasteiger partial charge in [0.2, 0.25) is 0 Å². The van der Waals surface area contributed by atoms with E-state index in [4.69, 9.17) is 18.5 Å². The van der Waals surface area contributed by atoms with Crippen molar-refractivity contribution < 1.29 is 42.1 Å². The Balaban J connectivity index is 4.44. The molecule has 0 heterocycles. The van der Waals surface area contributed by atoms with Crippen LogP contribution in [0.15, 0.2) is 24.3 Å². The van der Waals surface area contributed by atoms with Gasteiger partial charge in [0.05, 0.1) is 27.7 Å². The number of carbonyl (C=O) groups is 2. The van der Waals surface area contributed by atoms with Crippen molar-refractivity contribution in [3.05, 3.63) is 24.3 Å². The van der Waals surface area contributed by atoms with E-state index in [1.807, 2.05) is 21.1 Å². The first-order valence-electron chi connectivity index (χ1n) is 20.1. The molecule has 0 aliphatic rings. The molecule has 0 aliphatic heterocycles. The number of hydrogen-bond acceptors (Lipinski definition) is 7. The molecular weight excluding hydrogens is 653 g/mol. The summed E-state index contributed by atoms with van der Waals surface area (Å²) in [7, 11) is 1.47. The van der Waals surface area contributed by atoms with E-state index in [-0.39, 0.29) is 32.0 Å². The Kier molecular flexibility index (Phi) is 32.3. The largest absolute Gasteiger partial charge is 0.472 e. The molecule has 294 valence electrons. The van der Waals surface area contributed by atoms with E-state index in [0.717, 1.165) is 57.8 Å². The smallest absolute Gasteiger partial charge is 0.462 e. The number of phosphoric ester groups is 1. The van der Waals surface area contributed by atoms with Crippen molar-refractivity contribution >= 4 is 19.8 Å². The molecule has 0 aromatic carbocycles. The van der Waals surface area contributed by atoms with Crippen LogP contribution in [0, 0.1) is 0 Å². The molecular formula is C40H77NO8P+. The van der Waals surface area contributed by atoms with Crippen LogP contribution >= 0.6 is 7.82 Å². The van der Waals surface area contributed by atoms with Crippen LogP contribution < -0.4 is 0 Å². The van der Waals surface area contributed by atoms with Gasteiger partial charge in [0.15, 0.2) is 6.10 Å². The first-order valence-corrected chi connectivity index (χ1v) is 21.6. The Bertz CT molecular complexity index is 918. The number of likely N-dealkylation sites (N-methyl/N-ethyl adjacent to an activating group) is 1. The predicted molar refractivity (Wildman–Crippen MR) is 206 cm³/mol. The van der Waals surface area contributed by atoms with E-state index in [1.165, 1.54) is 77.0 Å². The second kappa shape index (κ2) is 33.3. The summed E-state index contributed by atoms with van der Waals surface area (Å²) >= 11 is 0. The van der Waals surface area contributed by atoms with Gasteiger partial charge < -0.3 is 18.9 Å². The summed E-state index contributed by atoms with van der Waals surface area (Å²) in [6, 6.07) is 0. The minimum atomic E-state index is -4.37. The lowest BCUT2D eigenvalue weighted by Crippen LogP contribution is -2.37. The number of rotatable bonds is 36. The number of phosphoric acid groups is 1. The fourth-order valence-corrected chi connectivity index (χ4v) is 6.02. The van der Waals surface area contributed by atoms with Crippen LogP contribution in [-0.2, 0) is 32.7 Å². The zero-order valence-corrected chi connectivity index (χ0v) is 33.8. The van der Waals surface area contributed by atoms with Crippen molar-refractivity contribution in [2.75, 3.05) is 47.5 Å². The van der Waals surface area contributed by atoms with Gasteiger partial charge in [-0.2, -0.15) is 0 Å². The summed E-state index contributed by atoms with van der Waals surface area (Å²) < 4.78 is 34.2. The molecule has 1 N–H and O–H groups in total. The first kappa shape index (κ1) is 48.5. The summed E-state index contributed by atoms with van der Waals surface area (Å²) in [4.78, 5) is 35.2. The molecule has 2 atom stereocenters. The molecule has 0 aromatic heterocycles. The topological polar surface area (TPSA) is 108 Å². The van der Waals surface area contributed by atoms with E-state index in [1.54, 1.807) is 0 Å². The first-order chi connectivity index (χ1) is 24.0. The van der Waals surface area contributed by atoms with E-state index >= 15 is 0 Å². The third kappa shape index (κ3) is 36.3. The van der Waals surface area contributed by atoms with Crippen LogP contribution in [0.25, 0.3) is 0 Å². The lowest BCUT2D eigenvalue weighted by molar-refractivity contribution is -0.870. The zero-order chi connectivity index (χ0) is 37.2. The van der Waals surface area contributed by atoms with Gasteiger partial charge >= 0.3 is 19.8 Å². The van der Waals surface area contributed by atoms with Gasteiger partial charge in [0.1, 0.15) is 19.8 Å². The molecule has 10 heteroatoms. The lowest BCUT2D eigenvalue weighted by atomic mass is 10.1. The van der Waals surface area contributed by atoms with E-state index in [0.29, 0.717) is 17.4 Å². The maximum Gasteiger partial charge on any atom is 0.472 e. The van der Waals surface area contributed by atoms with Crippen LogP contribution in [-0.4, -0.2) is 74.9 Å². The second-order valence-electron chi connectivity index (χ2n) is 14.7. The number of hydrogen-bond donors (Lipinski definition) is 1. The summed E-state index contributed by atoms with van der Waals surface area (Å²) in [6.45, 7) is 4.36. The molecule has 0 fully saturated rings. The fourth-order valence-electron chi connectivity index (χ4n) is 5.28. The maximum atomic E-state index is 12.6. The maximum absolute atomic E-state index is 12.6. The number of carbonyl (C=O) groups excluding carboxylic acids is 2. The minimum absolute atomic E-state index is 0.0303. The fraction of sp³-hybridized carbons (Fsp3) is 0.850. The van der Waals surface area contributed by atoms with Gasteiger partial charge in [-0.1, -0.05) is 134 Å². The highest BCUT2D eigenvalue weighted by Gasteiger charge is 2.27. The van der Waals surface area contributed by atoms with E-state index in [9.17, 15) is 19.0 Å². The highest BCUT2D eigenvalue weighted by atomic mass is 31.2. The molecule has 0 saturated carbocycles. The third-order valence-electron chi connectivity index (χ3n) is 8.48. The van der Waals surface area contributed by atoms with Crippen molar-refractivity contribution in [3.8, 4) is 0 Å². The van der Waals surface area contributed by atoms with Crippen LogP contribution in [0.2, 0.25) is 0 Å². The molecule has 1 unspecified atom stereocenters. The van der Waals surface area contributed by atoms with E-state index < -0.39 is 26.5 Å². The normalized spacial score (nSPS) is 14.0. The van der Waals surface area contributed by atoms with E-state index in [2.05, 4.69) is 38.2 Å². The number of allylic oxidation sites excluding steroid dienone is 4. The number of unbranched alkanes of at least 4 members (excludes halogenated alkanes) is 18. The molecule has 0 radical (unpaired) electrons. The van der Waals surface area contributed by atoms with Gasteiger partial charge in [0, 0.05) is 12.8 Å². The highest BCUT2D eigenvalue weighted by molar-refractivity contribution is 7.47. The molecule has 0 bridgehead atoms. The Morgan fingerprint density at radius 3 is 1.62 bits per heavy atom. The molecule has 50 heavy (non-hydrogen) atoms. The van der Waals surface area contributed by atoms with Gasteiger partial charge in [-0.25, -0.2) is 4.57 Å². The minimum Gasteiger partial charge on any atom is -0.462 e. The average molecular weight is 731 g/mol. The number of nitrogens with zero attached hydrogens (tertiary/aromatic N) is 1. The number of ether oxygens (including phenoxy) is 2. The molecule has 0 aliphatic carbocycles. The van der Waals surface area contributed by atoms with Crippen LogP contribution in [0.4, 0.5) is 0 Å². The van der Waals surface area contributed by atoms with Crippen molar-refractivity contribution in [2.45, 2.75) is 174 Å². The Morgan fingerprint density at radius 1 is 0.620 bits per heavy atom. The van der Waals surface area contributed by atoms with Gasteiger partial charge in [0.25, 0.3) is 0 Å². The Hall–Kier alpha value is -1.51. The van der Waals surface area contributed by atoms with Crippen LogP contribution in [0.5, 0.6) is 0 Å². The van der Waals surface area contributed by atoms with Crippen molar-refractivity contribution in [2.24, 2.45) is 0 Å². The molecule has 0 spiro atoms. The highest BCUT2D eigenvalue weighted by Crippen LogP contribution is 2.43. The predicted octanol–water partition coefficient (Wildman–Crippen LogP) is 10.8. The van der Waals surface area contributed by atoms with Gasteiger partial charge in [-0.15, -0.1) is 0 Å². The molecule has 9 nitrogen and oxygen atoms in total. The van der Waals surface area contributed by atoms with Gasteiger partial charge in [-0.05, 0) is 44.9 Å². The summed E-state index contributed by atoms with van der Waals surface area (Å²) in [5.41, 5.74) is 0. The van der Waals surface area contributed by atoms with Crippen molar-refractivity contribution in [1.82, 2.24) is 0 Å². The summed E-state index contributed by atoms with van der Waals surface area (Å²) in [5.74, 6) is -0.813. The monoisotopic (exact) mass is 731 g/mol. The van der Waals surface area contributed by atoms with Crippen LogP contribution in [0.3, 0.4) is 0 Å². The number of quaternary nitrogens is 1. The standard InChI is InChI=1S/C40H76NO8P/c1-6-8-10-12-14-16-18-19-20-21-23-25-27-29-31-33-40(43)49-38(37-48-50(44,45)47-35-34-41(3,4)5)36-46-39(42)32-30-28-26-24-22-17-15-13-11-9-7-2/h14,16,19-20,38H,6-13,15,17-18,21-37H2,1-5H3/p+1/b16-14+,20-19+/t38-/m1/s1.